The summed E-state index contributed by atoms with van der Waals surface area (Å²) in [6.07, 6.45) is 6.51. The number of hydrogen-bond acceptors (Lipinski definition) is 4. The minimum absolute atomic E-state index is 0.154. The molecule has 1 aromatic heterocycles. The first-order chi connectivity index (χ1) is 12.7. The lowest BCUT2D eigenvalue weighted by atomic mass is 10.00. The number of nitrogens with one attached hydrogen (secondary N) is 1. The van der Waals surface area contributed by atoms with E-state index in [2.05, 4.69) is 22.1 Å². The lowest BCUT2D eigenvalue weighted by Crippen LogP contribution is -2.39. The summed E-state index contributed by atoms with van der Waals surface area (Å²) in [5, 5.41) is 2.90. The summed E-state index contributed by atoms with van der Waals surface area (Å²) in [6.45, 7) is 5.84. The highest BCUT2D eigenvalue weighted by atomic mass is 16.5. The molecule has 1 aliphatic heterocycles. The van der Waals surface area contributed by atoms with E-state index < -0.39 is 0 Å². The lowest BCUT2D eigenvalue weighted by molar-refractivity contribution is 0.102. The molecular formula is C21H27N3O2. The number of ether oxygens (including phenoxy) is 1. The van der Waals surface area contributed by atoms with Gasteiger partial charge >= 0.3 is 0 Å². The minimum Gasteiger partial charge on any atom is -0.494 e. The van der Waals surface area contributed by atoms with Crippen molar-refractivity contribution in [1.29, 1.82) is 0 Å². The van der Waals surface area contributed by atoms with Crippen LogP contribution >= 0.6 is 0 Å². The second-order valence-electron chi connectivity index (χ2n) is 6.57. The van der Waals surface area contributed by atoms with Gasteiger partial charge in [0.15, 0.2) is 0 Å². The zero-order valence-electron chi connectivity index (χ0n) is 15.6. The Morgan fingerprint density at radius 2 is 2.00 bits per heavy atom. The number of carbonyl (C=O) groups is 1. The normalized spacial score (nSPS) is 17.0. The fourth-order valence-corrected chi connectivity index (χ4v) is 3.42. The molecule has 5 heteroatoms. The van der Waals surface area contributed by atoms with Gasteiger partial charge in [-0.3, -0.25) is 4.79 Å². The lowest BCUT2D eigenvalue weighted by Gasteiger charge is -2.36. The van der Waals surface area contributed by atoms with E-state index in [1.54, 1.807) is 6.20 Å². The van der Waals surface area contributed by atoms with E-state index in [1.165, 1.54) is 19.3 Å². The molecule has 26 heavy (non-hydrogen) atoms. The highest BCUT2D eigenvalue weighted by Crippen LogP contribution is 2.25. The van der Waals surface area contributed by atoms with Crippen LogP contribution in [-0.2, 0) is 0 Å². The second kappa shape index (κ2) is 8.70. The van der Waals surface area contributed by atoms with E-state index >= 15 is 0 Å². The summed E-state index contributed by atoms with van der Waals surface area (Å²) < 4.78 is 5.41. The summed E-state index contributed by atoms with van der Waals surface area (Å²) in [7, 11) is 0. The third-order valence-electron chi connectivity index (χ3n) is 4.83. The number of anilines is 2. The van der Waals surface area contributed by atoms with E-state index in [0.717, 1.165) is 30.2 Å². The van der Waals surface area contributed by atoms with Crippen molar-refractivity contribution >= 4 is 17.4 Å². The molecule has 1 amide bonds. The first-order valence-corrected chi connectivity index (χ1v) is 9.48. The van der Waals surface area contributed by atoms with Crippen LogP contribution in [0.2, 0.25) is 0 Å². The molecule has 2 aromatic rings. The fraction of sp³-hybridized carbons (Fsp3) is 0.429. The summed E-state index contributed by atoms with van der Waals surface area (Å²) in [5.74, 6) is 1.61. The van der Waals surface area contributed by atoms with Gasteiger partial charge in [-0.1, -0.05) is 6.92 Å². The second-order valence-corrected chi connectivity index (χ2v) is 6.57. The number of hydrogen-bond donors (Lipinski definition) is 1. The molecule has 2 heterocycles. The van der Waals surface area contributed by atoms with Crippen LogP contribution in [0, 0.1) is 0 Å². The molecule has 3 rings (SSSR count). The standard InChI is InChI=1S/C21H27N3O2/c1-3-18-7-5-6-14-24(18)20-13-8-16(15-22-20)21(25)23-17-9-11-19(12-10-17)26-4-2/h8-13,15,18H,3-7,14H2,1-2H3,(H,23,25). The zero-order valence-corrected chi connectivity index (χ0v) is 15.6. The zero-order chi connectivity index (χ0) is 18.4. The van der Waals surface area contributed by atoms with E-state index in [-0.39, 0.29) is 5.91 Å². The van der Waals surface area contributed by atoms with Crippen molar-refractivity contribution in [1.82, 2.24) is 4.98 Å². The van der Waals surface area contributed by atoms with Gasteiger partial charge in [0, 0.05) is 24.5 Å². The first kappa shape index (κ1) is 18.2. The number of carbonyl (C=O) groups excluding carboxylic acids is 1. The van der Waals surface area contributed by atoms with Crippen LogP contribution in [0.1, 0.15) is 49.9 Å². The Balaban J connectivity index is 1.64. The molecule has 0 spiro atoms. The first-order valence-electron chi connectivity index (χ1n) is 9.48. The molecular weight excluding hydrogens is 326 g/mol. The van der Waals surface area contributed by atoms with Crippen molar-refractivity contribution in [3.63, 3.8) is 0 Å². The Morgan fingerprint density at radius 1 is 1.19 bits per heavy atom. The molecule has 1 fully saturated rings. The monoisotopic (exact) mass is 353 g/mol. The number of aromatic nitrogens is 1. The van der Waals surface area contributed by atoms with Crippen molar-refractivity contribution in [2.75, 3.05) is 23.4 Å². The maximum atomic E-state index is 12.4. The van der Waals surface area contributed by atoms with Crippen molar-refractivity contribution in [2.24, 2.45) is 0 Å². The molecule has 1 aromatic carbocycles. The average molecular weight is 353 g/mol. The van der Waals surface area contributed by atoms with Crippen molar-refractivity contribution in [3.05, 3.63) is 48.2 Å². The van der Waals surface area contributed by atoms with Gasteiger partial charge in [-0.05, 0) is 69.0 Å². The Bertz CT molecular complexity index is 713. The molecule has 138 valence electrons. The van der Waals surface area contributed by atoms with Crippen LogP contribution < -0.4 is 15.0 Å². The van der Waals surface area contributed by atoms with Gasteiger partial charge in [-0.2, -0.15) is 0 Å². The van der Waals surface area contributed by atoms with Gasteiger partial charge < -0.3 is 15.0 Å². The molecule has 0 saturated carbocycles. The number of benzene rings is 1. The molecule has 1 saturated heterocycles. The highest BCUT2D eigenvalue weighted by Gasteiger charge is 2.22. The minimum atomic E-state index is -0.154. The Kier molecular flexibility index (Phi) is 6.10. The molecule has 1 atom stereocenters. The van der Waals surface area contributed by atoms with Crippen molar-refractivity contribution in [3.8, 4) is 5.75 Å². The van der Waals surface area contributed by atoms with Crippen LogP contribution in [0.4, 0.5) is 11.5 Å². The topological polar surface area (TPSA) is 54.5 Å². The number of nitrogens with zero attached hydrogens (tertiary/aromatic N) is 2. The quantitative estimate of drug-likeness (QED) is 0.831. The fourth-order valence-electron chi connectivity index (χ4n) is 3.42. The van der Waals surface area contributed by atoms with Crippen LogP contribution in [0.15, 0.2) is 42.6 Å². The summed E-state index contributed by atoms with van der Waals surface area (Å²) >= 11 is 0. The van der Waals surface area contributed by atoms with Gasteiger partial charge in [0.25, 0.3) is 5.91 Å². The molecule has 0 bridgehead atoms. The molecule has 0 aliphatic carbocycles. The van der Waals surface area contributed by atoms with Crippen LogP contribution in [0.5, 0.6) is 5.75 Å². The summed E-state index contributed by atoms with van der Waals surface area (Å²) in [4.78, 5) is 19.4. The SMILES string of the molecule is CCOc1ccc(NC(=O)c2ccc(N3CCCCC3CC)nc2)cc1. The van der Waals surface area contributed by atoms with Gasteiger partial charge in [0.05, 0.1) is 12.2 Å². The summed E-state index contributed by atoms with van der Waals surface area (Å²) in [6, 6.07) is 11.7. The predicted molar refractivity (Wildman–Crippen MR) is 105 cm³/mol. The van der Waals surface area contributed by atoms with Gasteiger partial charge in [0.2, 0.25) is 0 Å². The van der Waals surface area contributed by atoms with E-state index in [0.29, 0.717) is 18.2 Å². The Labute approximate surface area is 155 Å². The van der Waals surface area contributed by atoms with Gasteiger partial charge in [-0.15, -0.1) is 0 Å². The molecule has 5 nitrogen and oxygen atoms in total. The van der Waals surface area contributed by atoms with Gasteiger partial charge in [0.1, 0.15) is 11.6 Å². The maximum Gasteiger partial charge on any atom is 0.257 e. The number of piperidine rings is 1. The van der Waals surface area contributed by atoms with Crippen molar-refractivity contribution < 1.29 is 9.53 Å². The molecule has 1 aliphatic rings. The van der Waals surface area contributed by atoms with E-state index in [1.807, 2.05) is 43.3 Å². The predicted octanol–water partition coefficient (Wildman–Crippen LogP) is 4.50. The Morgan fingerprint density at radius 3 is 2.65 bits per heavy atom. The molecule has 1 N–H and O–H groups in total. The third kappa shape index (κ3) is 4.34. The number of rotatable bonds is 6. The molecule has 1 unspecified atom stereocenters. The van der Waals surface area contributed by atoms with Crippen LogP contribution in [0.25, 0.3) is 0 Å². The average Bonchev–Trinajstić information content (AvgIpc) is 2.70. The smallest absolute Gasteiger partial charge is 0.257 e. The van der Waals surface area contributed by atoms with Crippen molar-refractivity contribution in [2.45, 2.75) is 45.6 Å². The highest BCUT2D eigenvalue weighted by molar-refractivity contribution is 6.04. The molecule has 0 radical (unpaired) electrons. The largest absolute Gasteiger partial charge is 0.494 e. The number of amides is 1. The van der Waals surface area contributed by atoms with E-state index in [4.69, 9.17) is 4.74 Å². The Hall–Kier alpha value is -2.56. The number of pyridine rings is 1. The van der Waals surface area contributed by atoms with E-state index in [9.17, 15) is 4.79 Å². The third-order valence-corrected chi connectivity index (χ3v) is 4.83. The summed E-state index contributed by atoms with van der Waals surface area (Å²) in [5.41, 5.74) is 1.30. The maximum absolute atomic E-state index is 12.4. The van der Waals surface area contributed by atoms with Gasteiger partial charge in [-0.25, -0.2) is 4.98 Å². The van der Waals surface area contributed by atoms with Crippen LogP contribution in [-0.4, -0.2) is 30.1 Å². The van der Waals surface area contributed by atoms with Crippen LogP contribution in [0.3, 0.4) is 0 Å².